The van der Waals surface area contributed by atoms with E-state index in [9.17, 15) is 14.7 Å². The summed E-state index contributed by atoms with van der Waals surface area (Å²) in [5.74, 6) is -0.373. The summed E-state index contributed by atoms with van der Waals surface area (Å²) in [6.45, 7) is 2.06. The Balaban J connectivity index is 2.02. The topological polar surface area (TPSA) is 76.1 Å². The van der Waals surface area contributed by atoms with E-state index in [0.717, 1.165) is 11.1 Å². The summed E-state index contributed by atoms with van der Waals surface area (Å²) in [4.78, 5) is 26.4. The normalized spacial score (nSPS) is 16.0. The van der Waals surface area contributed by atoms with Crippen LogP contribution in [0, 0.1) is 6.92 Å². The number of methoxy groups -OCH3 is 2. The number of fused-ring (bicyclic) bond motifs is 1. The summed E-state index contributed by atoms with van der Waals surface area (Å²) < 4.78 is 10.5. The molecule has 26 heavy (non-hydrogen) atoms. The number of nitrogens with zero attached hydrogens (tertiary/aromatic N) is 1. The summed E-state index contributed by atoms with van der Waals surface area (Å²) in [6, 6.07) is 10.0. The van der Waals surface area contributed by atoms with Gasteiger partial charge >= 0.3 is 5.97 Å². The van der Waals surface area contributed by atoms with E-state index in [1.165, 1.54) is 19.1 Å². The van der Waals surface area contributed by atoms with Gasteiger partial charge in [0.1, 0.15) is 6.04 Å². The van der Waals surface area contributed by atoms with Crippen LogP contribution in [-0.2, 0) is 17.8 Å². The molecule has 1 amide bonds. The minimum absolute atomic E-state index is 0.264. The van der Waals surface area contributed by atoms with E-state index in [0.29, 0.717) is 29.0 Å². The molecule has 0 bridgehead atoms. The molecule has 0 saturated carbocycles. The molecule has 0 spiro atoms. The Kier molecular flexibility index (Phi) is 4.84. The number of rotatable bonds is 4. The minimum atomic E-state index is -1.01. The molecule has 0 radical (unpaired) electrons. The number of aliphatic carboxylic acids is 1. The van der Waals surface area contributed by atoms with Crippen molar-refractivity contribution in [3.8, 4) is 11.5 Å². The average molecular weight is 355 g/mol. The second-order valence-electron chi connectivity index (χ2n) is 6.28. The minimum Gasteiger partial charge on any atom is -0.493 e. The molecule has 1 aliphatic heterocycles. The van der Waals surface area contributed by atoms with Gasteiger partial charge in [0.2, 0.25) is 0 Å². The quantitative estimate of drug-likeness (QED) is 0.912. The van der Waals surface area contributed by atoms with Gasteiger partial charge in [-0.15, -0.1) is 0 Å². The van der Waals surface area contributed by atoms with Crippen molar-refractivity contribution in [1.29, 1.82) is 0 Å². The largest absolute Gasteiger partial charge is 0.493 e. The standard InChI is InChI=1S/C20H21NO5/c1-12-8-17(25-2)18(26-3)10-15(12)19(22)21-11-14-7-5-4-6-13(14)9-16(21)20(23)24/h4-8,10,16H,9,11H2,1-3H3,(H,23,24). The Morgan fingerprint density at radius 1 is 1.08 bits per heavy atom. The molecule has 0 fully saturated rings. The van der Waals surface area contributed by atoms with E-state index in [1.54, 1.807) is 19.1 Å². The van der Waals surface area contributed by atoms with Crippen LogP contribution < -0.4 is 9.47 Å². The van der Waals surface area contributed by atoms with Gasteiger partial charge in [0.15, 0.2) is 11.5 Å². The highest BCUT2D eigenvalue weighted by atomic mass is 16.5. The molecule has 2 aromatic rings. The van der Waals surface area contributed by atoms with Crippen LogP contribution in [0.5, 0.6) is 11.5 Å². The van der Waals surface area contributed by atoms with Crippen molar-refractivity contribution >= 4 is 11.9 Å². The van der Waals surface area contributed by atoms with Crippen LogP contribution in [0.3, 0.4) is 0 Å². The number of carboxylic acids is 1. The summed E-state index contributed by atoms with van der Waals surface area (Å²) >= 11 is 0. The van der Waals surface area contributed by atoms with Gasteiger partial charge in [-0.25, -0.2) is 4.79 Å². The van der Waals surface area contributed by atoms with E-state index >= 15 is 0 Å². The maximum Gasteiger partial charge on any atom is 0.326 e. The van der Waals surface area contributed by atoms with Crippen molar-refractivity contribution < 1.29 is 24.2 Å². The number of carboxylic acid groups (broad SMARTS) is 1. The number of aryl methyl sites for hydroxylation is 1. The molecule has 1 atom stereocenters. The van der Waals surface area contributed by atoms with Crippen LogP contribution in [-0.4, -0.2) is 42.1 Å². The van der Waals surface area contributed by atoms with Gasteiger partial charge in [-0.2, -0.15) is 0 Å². The van der Waals surface area contributed by atoms with Crippen molar-refractivity contribution in [2.24, 2.45) is 0 Å². The maximum absolute atomic E-state index is 13.2. The highest BCUT2D eigenvalue weighted by Crippen LogP contribution is 2.32. The van der Waals surface area contributed by atoms with E-state index in [1.807, 2.05) is 24.3 Å². The van der Waals surface area contributed by atoms with Crippen molar-refractivity contribution in [2.75, 3.05) is 14.2 Å². The monoisotopic (exact) mass is 355 g/mol. The lowest BCUT2D eigenvalue weighted by Gasteiger charge is -2.35. The second kappa shape index (κ2) is 7.07. The number of benzene rings is 2. The predicted molar refractivity (Wildman–Crippen MR) is 95.7 cm³/mol. The molecule has 2 aromatic carbocycles. The number of amides is 1. The number of carbonyl (C=O) groups excluding carboxylic acids is 1. The third-order valence-corrected chi connectivity index (χ3v) is 4.76. The lowest BCUT2D eigenvalue weighted by atomic mass is 9.93. The number of ether oxygens (including phenoxy) is 2. The molecular weight excluding hydrogens is 334 g/mol. The fraction of sp³-hybridized carbons (Fsp3) is 0.300. The van der Waals surface area contributed by atoms with Gasteiger partial charge in [-0.3, -0.25) is 4.79 Å². The summed E-state index contributed by atoms with van der Waals surface area (Å²) in [5, 5.41) is 9.64. The van der Waals surface area contributed by atoms with Gasteiger partial charge in [-0.05, 0) is 35.7 Å². The molecule has 1 N–H and O–H groups in total. The third-order valence-electron chi connectivity index (χ3n) is 4.76. The molecule has 0 aromatic heterocycles. The van der Waals surface area contributed by atoms with Crippen molar-refractivity contribution in [2.45, 2.75) is 25.9 Å². The molecule has 136 valence electrons. The van der Waals surface area contributed by atoms with Gasteiger partial charge in [0.05, 0.1) is 14.2 Å². The van der Waals surface area contributed by atoms with E-state index < -0.39 is 12.0 Å². The molecule has 1 unspecified atom stereocenters. The Morgan fingerprint density at radius 3 is 2.31 bits per heavy atom. The number of hydrogen-bond donors (Lipinski definition) is 1. The molecule has 1 heterocycles. The zero-order valence-corrected chi connectivity index (χ0v) is 15.0. The predicted octanol–water partition coefficient (Wildman–Crippen LogP) is 2.66. The highest BCUT2D eigenvalue weighted by molar-refractivity contribution is 5.98. The van der Waals surface area contributed by atoms with Crippen LogP contribution in [0.1, 0.15) is 27.0 Å². The third kappa shape index (κ3) is 3.10. The first kappa shape index (κ1) is 17.8. The van der Waals surface area contributed by atoms with E-state index in [2.05, 4.69) is 0 Å². The fourth-order valence-corrected chi connectivity index (χ4v) is 3.32. The maximum atomic E-state index is 13.2. The first-order valence-corrected chi connectivity index (χ1v) is 8.29. The summed E-state index contributed by atoms with van der Waals surface area (Å²) in [7, 11) is 3.03. The van der Waals surface area contributed by atoms with E-state index in [4.69, 9.17) is 9.47 Å². The zero-order valence-electron chi connectivity index (χ0n) is 15.0. The number of carbonyl (C=O) groups is 2. The highest BCUT2D eigenvalue weighted by Gasteiger charge is 2.35. The summed E-state index contributed by atoms with van der Waals surface area (Å²) in [5.41, 5.74) is 3.05. The van der Waals surface area contributed by atoms with Gasteiger partial charge < -0.3 is 19.5 Å². The molecule has 0 saturated heterocycles. The van der Waals surface area contributed by atoms with Crippen LogP contribution in [0.2, 0.25) is 0 Å². The molecule has 6 heteroatoms. The lowest BCUT2D eigenvalue weighted by Crippen LogP contribution is -2.48. The van der Waals surface area contributed by atoms with Crippen molar-refractivity contribution in [1.82, 2.24) is 4.90 Å². The van der Waals surface area contributed by atoms with E-state index in [-0.39, 0.29) is 12.5 Å². The SMILES string of the molecule is COc1cc(C)c(C(=O)N2Cc3ccccc3CC2C(=O)O)cc1OC. The Labute approximate surface area is 152 Å². The molecule has 0 aliphatic carbocycles. The summed E-state index contributed by atoms with van der Waals surface area (Å²) in [6.07, 6.45) is 0.295. The van der Waals surface area contributed by atoms with Crippen molar-refractivity contribution in [3.05, 3.63) is 58.7 Å². The Morgan fingerprint density at radius 2 is 1.69 bits per heavy atom. The molecule has 3 rings (SSSR count). The lowest BCUT2D eigenvalue weighted by molar-refractivity contribution is -0.142. The first-order chi connectivity index (χ1) is 12.5. The number of hydrogen-bond acceptors (Lipinski definition) is 4. The molecule has 1 aliphatic rings. The van der Waals surface area contributed by atoms with Gasteiger partial charge in [0, 0.05) is 18.5 Å². The van der Waals surface area contributed by atoms with Gasteiger partial charge in [0.25, 0.3) is 5.91 Å². The van der Waals surface area contributed by atoms with Gasteiger partial charge in [-0.1, -0.05) is 24.3 Å². The fourth-order valence-electron chi connectivity index (χ4n) is 3.32. The Hall–Kier alpha value is -3.02. The van der Waals surface area contributed by atoms with Crippen LogP contribution in [0.4, 0.5) is 0 Å². The van der Waals surface area contributed by atoms with Crippen LogP contribution in [0.25, 0.3) is 0 Å². The average Bonchev–Trinajstić information content (AvgIpc) is 2.65. The molecule has 6 nitrogen and oxygen atoms in total. The Bertz CT molecular complexity index is 861. The molecular formula is C20H21NO5. The smallest absolute Gasteiger partial charge is 0.326 e. The van der Waals surface area contributed by atoms with Crippen LogP contribution in [0.15, 0.2) is 36.4 Å². The first-order valence-electron chi connectivity index (χ1n) is 8.29. The second-order valence-corrected chi connectivity index (χ2v) is 6.28. The van der Waals surface area contributed by atoms with Crippen LogP contribution >= 0.6 is 0 Å². The van der Waals surface area contributed by atoms with Crippen molar-refractivity contribution in [3.63, 3.8) is 0 Å². The zero-order chi connectivity index (χ0) is 18.8.